The maximum absolute atomic E-state index is 5.07. The molecule has 3 aliphatic rings. The third-order valence-corrected chi connectivity index (χ3v) is 10.2. The molecule has 3 fully saturated rings. The van der Waals surface area contributed by atoms with E-state index in [4.69, 9.17) is 4.98 Å². The smallest absolute Gasteiger partial charge is 0.136 e. The van der Waals surface area contributed by atoms with E-state index in [1.54, 1.807) is 0 Å². The van der Waals surface area contributed by atoms with Crippen LogP contribution >= 0.6 is 0 Å². The largest absolute Gasteiger partial charge is 0.330 e. The van der Waals surface area contributed by atoms with Gasteiger partial charge in [0.15, 0.2) is 0 Å². The van der Waals surface area contributed by atoms with Gasteiger partial charge < -0.3 is 14.7 Å². The highest BCUT2D eigenvalue weighted by molar-refractivity contribution is 5.55. The fourth-order valence-electron chi connectivity index (χ4n) is 7.54. The Morgan fingerprint density at radius 2 is 1.50 bits per heavy atom. The average molecular weight is 523 g/mol. The second-order valence-corrected chi connectivity index (χ2v) is 13.1. The number of nitrogens with zero attached hydrogens (tertiary/aromatic N) is 4. The van der Waals surface area contributed by atoms with E-state index < -0.39 is 0 Å². The van der Waals surface area contributed by atoms with Crippen LogP contribution in [0.25, 0.3) is 0 Å². The number of aromatic nitrogens is 1. The van der Waals surface area contributed by atoms with E-state index in [0.717, 1.165) is 42.8 Å². The fourth-order valence-corrected chi connectivity index (χ4v) is 7.54. The maximum Gasteiger partial charge on any atom is 0.136 e. The van der Waals surface area contributed by atoms with Gasteiger partial charge in [-0.15, -0.1) is 0 Å². The molecule has 0 radical (unpaired) electrons. The van der Waals surface area contributed by atoms with Crippen LogP contribution in [0.1, 0.15) is 108 Å². The lowest BCUT2D eigenvalue weighted by atomic mass is 9.89. The van der Waals surface area contributed by atoms with Gasteiger partial charge in [-0.05, 0) is 134 Å². The SMILES string of the molecule is CC/C(C)=C(/CC)N(CCC1CCN(C[C@H]2CCN(CC3CCCCC3)C2)CC1)c1nc(C)cc(C)c1C. The van der Waals surface area contributed by atoms with Crippen LogP contribution in [0.15, 0.2) is 17.3 Å². The Kier molecular flexibility index (Phi) is 11.1. The molecule has 214 valence electrons. The zero-order valence-electron chi connectivity index (χ0n) is 25.8. The van der Waals surface area contributed by atoms with Crippen molar-refractivity contribution < 1.29 is 0 Å². The first kappa shape index (κ1) is 29.6. The highest BCUT2D eigenvalue weighted by atomic mass is 15.2. The minimum atomic E-state index is 0.839. The molecular formula is C34H58N4. The summed E-state index contributed by atoms with van der Waals surface area (Å²) in [6, 6.07) is 2.23. The summed E-state index contributed by atoms with van der Waals surface area (Å²) in [5.74, 6) is 3.93. The van der Waals surface area contributed by atoms with Crippen molar-refractivity contribution in [1.29, 1.82) is 0 Å². The third-order valence-electron chi connectivity index (χ3n) is 10.2. The number of aryl methyl sites for hydroxylation is 2. The average Bonchev–Trinajstić information content (AvgIpc) is 3.36. The third kappa shape index (κ3) is 7.84. The molecule has 1 aromatic heterocycles. The second kappa shape index (κ2) is 14.3. The Balaban J connectivity index is 1.28. The van der Waals surface area contributed by atoms with Gasteiger partial charge in [0.1, 0.15) is 5.82 Å². The first-order chi connectivity index (χ1) is 18.4. The van der Waals surface area contributed by atoms with E-state index in [0.29, 0.717) is 0 Å². The summed E-state index contributed by atoms with van der Waals surface area (Å²) in [5.41, 5.74) is 6.84. The molecule has 0 bridgehead atoms. The normalized spacial score (nSPS) is 23.2. The zero-order chi connectivity index (χ0) is 27.1. The quantitative estimate of drug-likeness (QED) is 0.294. The molecule has 0 spiro atoms. The van der Waals surface area contributed by atoms with Crippen LogP contribution in [0.3, 0.4) is 0 Å². The van der Waals surface area contributed by atoms with Crippen molar-refractivity contribution >= 4 is 5.82 Å². The van der Waals surface area contributed by atoms with Crippen molar-refractivity contribution in [1.82, 2.24) is 14.8 Å². The molecule has 1 atom stereocenters. The molecular weight excluding hydrogens is 464 g/mol. The van der Waals surface area contributed by atoms with Crippen LogP contribution in [0.4, 0.5) is 5.82 Å². The molecule has 0 unspecified atom stereocenters. The van der Waals surface area contributed by atoms with Crippen LogP contribution in [0, 0.1) is 38.5 Å². The summed E-state index contributed by atoms with van der Waals surface area (Å²) in [4.78, 5) is 13.3. The molecule has 2 aliphatic heterocycles. The Labute approximate surface area is 235 Å². The summed E-state index contributed by atoms with van der Waals surface area (Å²) in [5, 5.41) is 0. The highest BCUT2D eigenvalue weighted by Gasteiger charge is 2.29. The Hall–Kier alpha value is -1.39. The maximum atomic E-state index is 5.07. The molecule has 1 aromatic rings. The molecule has 4 heteroatoms. The van der Waals surface area contributed by atoms with Crippen LogP contribution in [0.2, 0.25) is 0 Å². The van der Waals surface area contributed by atoms with Crippen LogP contribution in [-0.4, -0.2) is 60.6 Å². The van der Waals surface area contributed by atoms with Gasteiger partial charge in [-0.2, -0.15) is 0 Å². The number of allylic oxidation sites excluding steroid dienone is 2. The van der Waals surface area contributed by atoms with Gasteiger partial charge in [-0.1, -0.05) is 38.7 Å². The first-order valence-corrected chi connectivity index (χ1v) is 16.2. The van der Waals surface area contributed by atoms with E-state index in [-0.39, 0.29) is 0 Å². The van der Waals surface area contributed by atoms with Gasteiger partial charge in [-0.25, -0.2) is 4.98 Å². The van der Waals surface area contributed by atoms with Crippen molar-refractivity contribution in [3.63, 3.8) is 0 Å². The number of likely N-dealkylation sites (tertiary alicyclic amines) is 2. The molecule has 38 heavy (non-hydrogen) atoms. The number of hydrogen-bond acceptors (Lipinski definition) is 4. The Morgan fingerprint density at radius 3 is 2.18 bits per heavy atom. The van der Waals surface area contributed by atoms with Crippen molar-refractivity contribution in [2.45, 2.75) is 112 Å². The first-order valence-electron chi connectivity index (χ1n) is 16.2. The molecule has 0 amide bonds. The monoisotopic (exact) mass is 522 g/mol. The lowest BCUT2D eigenvalue weighted by Crippen LogP contribution is -2.39. The topological polar surface area (TPSA) is 22.6 Å². The van der Waals surface area contributed by atoms with Crippen LogP contribution in [0.5, 0.6) is 0 Å². The fraction of sp³-hybridized carbons (Fsp3) is 0.794. The van der Waals surface area contributed by atoms with Gasteiger partial charge in [-0.3, -0.25) is 0 Å². The summed E-state index contributed by atoms with van der Waals surface area (Å²) in [6.07, 6.45) is 15.0. The van der Waals surface area contributed by atoms with Crippen molar-refractivity contribution in [2.24, 2.45) is 17.8 Å². The lowest BCUT2D eigenvalue weighted by Gasteiger charge is -2.36. The second-order valence-electron chi connectivity index (χ2n) is 13.1. The van der Waals surface area contributed by atoms with Crippen LogP contribution in [-0.2, 0) is 0 Å². The number of piperidine rings is 1. The van der Waals surface area contributed by atoms with E-state index in [9.17, 15) is 0 Å². The summed E-state index contributed by atoms with van der Waals surface area (Å²) >= 11 is 0. The zero-order valence-corrected chi connectivity index (χ0v) is 25.8. The van der Waals surface area contributed by atoms with Gasteiger partial charge in [0.05, 0.1) is 0 Å². The predicted octanol–water partition coefficient (Wildman–Crippen LogP) is 7.91. The van der Waals surface area contributed by atoms with Gasteiger partial charge in [0.25, 0.3) is 0 Å². The van der Waals surface area contributed by atoms with Gasteiger partial charge in [0, 0.05) is 37.6 Å². The summed E-state index contributed by atoms with van der Waals surface area (Å²) in [6.45, 7) is 22.7. The number of pyridine rings is 1. The molecule has 3 heterocycles. The highest BCUT2D eigenvalue weighted by Crippen LogP contribution is 2.31. The minimum Gasteiger partial charge on any atom is -0.330 e. The Morgan fingerprint density at radius 1 is 0.842 bits per heavy atom. The number of anilines is 1. The minimum absolute atomic E-state index is 0.839. The molecule has 2 saturated heterocycles. The summed E-state index contributed by atoms with van der Waals surface area (Å²) in [7, 11) is 0. The number of rotatable bonds is 11. The lowest BCUT2D eigenvalue weighted by molar-refractivity contribution is 0.154. The van der Waals surface area contributed by atoms with E-state index >= 15 is 0 Å². The summed E-state index contributed by atoms with van der Waals surface area (Å²) < 4.78 is 0. The van der Waals surface area contributed by atoms with Crippen molar-refractivity contribution in [2.75, 3.05) is 50.7 Å². The van der Waals surface area contributed by atoms with E-state index in [1.807, 2.05) is 0 Å². The van der Waals surface area contributed by atoms with Gasteiger partial charge >= 0.3 is 0 Å². The molecule has 1 saturated carbocycles. The molecule has 0 N–H and O–H groups in total. The number of hydrogen-bond donors (Lipinski definition) is 0. The van der Waals surface area contributed by atoms with E-state index in [1.165, 1.54) is 125 Å². The van der Waals surface area contributed by atoms with Crippen molar-refractivity contribution in [3.8, 4) is 0 Å². The molecule has 4 rings (SSSR count). The Bertz CT molecular complexity index is 907. The van der Waals surface area contributed by atoms with Gasteiger partial charge in [0.2, 0.25) is 0 Å². The van der Waals surface area contributed by atoms with Crippen LogP contribution < -0.4 is 4.90 Å². The van der Waals surface area contributed by atoms with E-state index in [2.05, 4.69) is 62.3 Å². The van der Waals surface area contributed by atoms with Crippen molar-refractivity contribution in [3.05, 3.63) is 34.2 Å². The molecule has 0 aromatic carbocycles. The standard InChI is InChI=1S/C34H58N4/c1-7-26(3)33(8-2)38(34-29(6)27(4)22-28(5)35-34)21-17-30-14-18-36(19-15-30)24-32-16-20-37(25-32)23-31-12-10-9-11-13-31/h22,30-32H,7-21,23-25H2,1-6H3/b33-26-/t32-/m1/s1. The molecule has 1 aliphatic carbocycles. The predicted molar refractivity (Wildman–Crippen MR) is 164 cm³/mol. The molecule has 4 nitrogen and oxygen atoms in total.